The molecular formula is C12H16N2O3S2. The standard InChI is InChI=1S/C12H16N2O3S2/c1-17-10(15)6-8-7-19-12(13-8)14-11(16)9-4-2-3-5-18-9/h7,9H,2-6H2,1H3,(H,13,14,16). The van der Waals surface area contributed by atoms with Crippen molar-refractivity contribution >= 4 is 40.1 Å². The van der Waals surface area contributed by atoms with Crippen LogP contribution in [0, 0.1) is 0 Å². The molecule has 1 fully saturated rings. The fourth-order valence-electron chi connectivity index (χ4n) is 1.80. The molecule has 1 saturated heterocycles. The van der Waals surface area contributed by atoms with E-state index in [9.17, 15) is 9.59 Å². The van der Waals surface area contributed by atoms with Gasteiger partial charge in [0, 0.05) is 5.38 Å². The topological polar surface area (TPSA) is 68.3 Å². The molecule has 5 nitrogen and oxygen atoms in total. The molecular weight excluding hydrogens is 284 g/mol. The van der Waals surface area contributed by atoms with Gasteiger partial charge in [0.25, 0.3) is 0 Å². The third-order valence-electron chi connectivity index (χ3n) is 2.81. The number of nitrogens with one attached hydrogen (secondary N) is 1. The highest BCUT2D eigenvalue weighted by molar-refractivity contribution is 8.00. The van der Waals surface area contributed by atoms with E-state index in [4.69, 9.17) is 0 Å². The van der Waals surface area contributed by atoms with Gasteiger partial charge in [-0.1, -0.05) is 6.42 Å². The van der Waals surface area contributed by atoms with Crippen molar-refractivity contribution in [3.63, 3.8) is 0 Å². The molecule has 1 aromatic heterocycles. The normalized spacial score (nSPS) is 18.9. The molecule has 19 heavy (non-hydrogen) atoms. The molecule has 104 valence electrons. The van der Waals surface area contributed by atoms with Gasteiger partial charge in [0.1, 0.15) is 0 Å². The molecule has 1 amide bonds. The molecule has 2 heterocycles. The second-order valence-electron chi connectivity index (χ2n) is 4.24. The molecule has 0 aliphatic carbocycles. The molecule has 0 saturated carbocycles. The van der Waals surface area contributed by atoms with E-state index in [1.807, 2.05) is 0 Å². The van der Waals surface area contributed by atoms with E-state index < -0.39 is 0 Å². The first-order valence-electron chi connectivity index (χ1n) is 6.12. The van der Waals surface area contributed by atoms with Gasteiger partial charge in [-0.2, -0.15) is 0 Å². The van der Waals surface area contributed by atoms with E-state index in [0.29, 0.717) is 10.8 Å². The molecule has 1 atom stereocenters. The first kappa shape index (κ1) is 14.3. The third kappa shape index (κ3) is 4.21. The largest absolute Gasteiger partial charge is 0.469 e. The van der Waals surface area contributed by atoms with Gasteiger partial charge in [0.15, 0.2) is 5.13 Å². The molecule has 1 unspecified atom stereocenters. The molecule has 2 rings (SSSR count). The minimum atomic E-state index is -0.328. The number of thioether (sulfide) groups is 1. The monoisotopic (exact) mass is 300 g/mol. The van der Waals surface area contributed by atoms with Crippen LogP contribution in [0.1, 0.15) is 25.0 Å². The second-order valence-corrected chi connectivity index (χ2v) is 6.41. The van der Waals surface area contributed by atoms with E-state index in [0.717, 1.165) is 18.6 Å². The summed E-state index contributed by atoms with van der Waals surface area (Å²) < 4.78 is 4.57. The highest BCUT2D eigenvalue weighted by Crippen LogP contribution is 2.26. The number of aromatic nitrogens is 1. The van der Waals surface area contributed by atoms with Crippen LogP contribution < -0.4 is 5.32 Å². The summed E-state index contributed by atoms with van der Waals surface area (Å²) in [5.74, 6) is 0.735. The summed E-state index contributed by atoms with van der Waals surface area (Å²) in [5.41, 5.74) is 0.628. The zero-order chi connectivity index (χ0) is 13.7. The molecule has 0 aromatic carbocycles. The Morgan fingerprint density at radius 3 is 3.05 bits per heavy atom. The minimum absolute atomic E-state index is 0.0173. The number of hydrogen-bond donors (Lipinski definition) is 1. The Hall–Kier alpha value is -1.08. The van der Waals surface area contributed by atoms with Gasteiger partial charge in [-0.25, -0.2) is 4.98 Å². The van der Waals surface area contributed by atoms with E-state index in [1.54, 1.807) is 17.1 Å². The lowest BCUT2D eigenvalue weighted by Crippen LogP contribution is -2.27. The lowest BCUT2D eigenvalue weighted by atomic mass is 10.2. The Bertz CT molecular complexity index is 456. The number of hydrogen-bond acceptors (Lipinski definition) is 6. The minimum Gasteiger partial charge on any atom is -0.469 e. The number of carbonyl (C=O) groups excluding carboxylic acids is 2. The Morgan fingerprint density at radius 1 is 1.53 bits per heavy atom. The van der Waals surface area contributed by atoms with Crippen molar-refractivity contribution in [1.82, 2.24) is 4.98 Å². The molecule has 0 bridgehead atoms. The van der Waals surface area contributed by atoms with Crippen molar-refractivity contribution in [3.8, 4) is 0 Å². The first-order valence-corrected chi connectivity index (χ1v) is 8.05. The van der Waals surface area contributed by atoms with Crippen LogP contribution in [0.15, 0.2) is 5.38 Å². The van der Waals surface area contributed by atoms with Crippen molar-refractivity contribution in [2.24, 2.45) is 0 Å². The molecule has 1 aliphatic rings. The van der Waals surface area contributed by atoms with Crippen molar-refractivity contribution in [3.05, 3.63) is 11.1 Å². The fraction of sp³-hybridized carbons (Fsp3) is 0.583. The van der Waals surface area contributed by atoms with E-state index >= 15 is 0 Å². The summed E-state index contributed by atoms with van der Waals surface area (Å²) in [6.45, 7) is 0. The number of methoxy groups -OCH3 is 1. The molecule has 7 heteroatoms. The zero-order valence-corrected chi connectivity index (χ0v) is 12.3. The second kappa shape index (κ2) is 6.91. The lowest BCUT2D eigenvalue weighted by Gasteiger charge is -2.19. The highest BCUT2D eigenvalue weighted by Gasteiger charge is 2.22. The molecule has 1 N–H and O–H groups in total. The van der Waals surface area contributed by atoms with Crippen LogP contribution >= 0.6 is 23.1 Å². The maximum atomic E-state index is 12.0. The quantitative estimate of drug-likeness (QED) is 0.862. The number of esters is 1. The number of nitrogens with zero attached hydrogens (tertiary/aromatic N) is 1. The van der Waals surface area contributed by atoms with Crippen LogP contribution in [0.3, 0.4) is 0 Å². The van der Waals surface area contributed by atoms with E-state index in [-0.39, 0.29) is 23.5 Å². The summed E-state index contributed by atoms with van der Waals surface area (Å²) >= 11 is 3.04. The SMILES string of the molecule is COC(=O)Cc1csc(NC(=O)C2CCCCS2)n1. The van der Waals surface area contributed by atoms with Crippen LogP contribution in [0.2, 0.25) is 0 Å². The Labute approximate surface area is 120 Å². The summed E-state index contributed by atoms with van der Waals surface area (Å²) in [6, 6.07) is 0. The van der Waals surface area contributed by atoms with Crippen LogP contribution in [-0.4, -0.2) is 35.0 Å². The smallest absolute Gasteiger partial charge is 0.311 e. The predicted octanol–water partition coefficient (Wildman–Crippen LogP) is 2.08. The van der Waals surface area contributed by atoms with Crippen LogP contribution in [0.25, 0.3) is 0 Å². The maximum Gasteiger partial charge on any atom is 0.311 e. The number of ether oxygens (including phenoxy) is 1. The molecule has 0 spiro atoms. The van der Waals surface area contributed by atoms with Crippen molar-refractivity contribution < 1.29 is 14.3 Å². The van der Waals surface area contributed by atoms with Gasteiger partial charge in [-0.15, -0.1) is 23.1 Å². The average molecular weight is 300 g/mol. The van der Waals surface area contributed by atoms with E-state index in [1.165, 1.54) is 24.9 Å². The van der Waals surface area contributed by atoms with E-state index in [2.05, 4.69) is 15.0 Å². The first-order chi connectivity index (χ1) is 9.19. The number of anilines is 1. The van der Waals surface area contributed by atoms with Crippen molar-refractivity contribution in [2.75, 3.05) is 18.2 Å². The number of thiazole rings is 1. The van der Waals surface area contributed by atoms with Crippen molar-refractivity contribution in [2.45, 2.75) is 30.9 Å². The number of rotatable bonds is 4. The zero-order valence-electron chi connectivity index (χ0n) is 10.7. The number of carbonyl (C=O) groups is 2. The maximum absolute atomic E-state index is 12.0. The third-order valence-corrected chi connectivity index (χ3v) is 4.99. The molecule has 1 aliphatic heterocycles. The number of amides is 1. The van der Waals surface area contributed by atoms with Gasteiger partial charge in [0.05, 0.1) is 24.5 Å². The van der Waals surface area contributed by atoms with Crippen LogP contribution in [0.4, 0.5) is 5.13 Å². The Balaban J connectivity index is 1.88. The lowest BCUT2D eigenvalue weighted by molar-refractivity contribution is -0.139. The molecule has 0 radical (unpaired) electrons. The fourth-order valence-corrected chi connectivity index (χ4v) is 3.71. The highest BCUT2D eigenvalue weighted by atomic mass is 32.2. The van der Waals surface area contributed by atoms with Gasteiger partial charge in [-0.3, -0.25) is 9.59 Å². The molecule has 1 aromatic rings. The summed E-state index contributed by atoms with van der Waals surface area (Å²) in [4.78, 5) is 27.3. The van der Waals surface area contributed by atoms with Gasteiger partial charge in [0.2, 0.25) is 5.91 Å². The summed E-state index contributed by atoms with van der Waals surface area (Å²) in [6.07, 6.45) is 3.36. The van der Waals surface area contributed by atoms with Crippen LogP contribution in [0.5, 0.6) is 0 Å². The Kier molecular flexibility index (Phi) is 5.21. The predicted molar refractivity (Wildman–Crippen MR) is 76.6 cm³/mol. The Morgan fingerprint density at radius 2 is 2.37 bits per heavy atom. The summed E-state index contributed by atoms with van der Waals surface area (Å²) in [5, 5.41) is 5.16. The average Bonchev–Trinajstić information content (AvgIpc) is 2.86. The summed E-state index contributed by atoms with van der Waals surface area (Å²) in [7, 11) is 1.34. The van der Waals surface area contributed by atoms with Crippen molar-refractivity contribution in [1.29, 1.82) is 0 Å². The van der Waals surface area contributed by atoms with Crippen LogP contribution in [-0.2, 0) is 20.7 Å². The van der Waals surface area contributed by atoms with Gasteiger partial charge in [-0.05, 0) is 18.6 Å². The van der Waals surface area contributed by atoms with Gasteiger partial charge >= 0.3 is 5.97 Å². The van der Waals surface area contributed by atoms with Gasteiger partial charge < -0.3 is 10.1 Å².